The molecule has 1 aromatic rings. The molecular formula is C14H20ClNO2. The van der Waals surface area contributed by atoms with E-state index in [0.717, 1.165) is 43.4 Å². The van der Waals surface area contributed by atoms with Crippen LogP contribution in [-0.4, -0.2) is 33.9 Å². The van der Waals surface area contributed by atoms with Gasteiger partial charge in [0.2, 0.25) is 0 Å². The molecule has 4 heteroatoms. The minimum absolute atomic E-state index is 0.0588. The third-order valence-corrected chi connectivity index (χ3v) is 3.93. The number of rotatable bonds is 4. The van der Waals surface area contributed by atoms with Crippen LogP contribution in [0.15, 0.2) is 18.2 Å². The highest BCUT2D eigenvalue weighted by molar-refractivity contribution is 6.30. The first-order chi connectivity index (χ1) is 8.72. The molecule has 1 fully saturated rings. The van der Waals surface area contributed by atoms with Crippen LogP contribution in [0.3, 0.4) is 0 Å². The second-order valence-electron chi connectivity index (χ2n) is 4.77. The van der Waals surface area contributed by atoms with Crippen molar-refractivity contribution < 1.29 is 9.47 Å². The van der Waals surface area contributed by atoms with E-state index in [0.29, 0.717) is 0 Å². The van der Waals surface area contributed by atoms with Crippen molar-refractivity contribution in [3.05, 3.63) is 28.8 Å². The topological polar surface area (TPSA) is 30.5 Å². The second kappa shape index (κ2) is 5.91. The van der Waals surface area contributed by atoms with E-state index in [1.807, 2.05) is 25.2 Å². The van der Waals surface area contributed by atoms with Crippen molar-refractivity contribution in [1.82, 2.24) is 5.32 Å². The third-order valence-electron chi connectivity index (χ3n) is 3.70. The van der Waals surface area contributed by atoms with Crippen molar-refractivity contribution in [1.29, 1.82) is 0 Å². The quantitative estimate of drug-likeness (QED) is 0.912. The molecule has 0 aromatic heterocycles. The Balaban J connectivity index is 2.43. The summed E-state index contributed by atoms with van der Waals surface area (Å²) < 4.78 is 11.0. The van der Waals surface area contributed by atoms with E-state index >= 15 is 0 Å². The number of hydrogen-bond donors (Lipinski definition) is 1. The third kappa shape index (κ3) is 2.63. The van der Waals surface area contributed by atoms with Crippen molar-refractivity contribution in [3.8, 4) is 5.75 Å². The molecule has 3 nitrogen and oxygen atoms in total. The van der Waals surface area contributed by atoms with E-state index in [2.05, 4.69) is 5.32 Å². The molecule has 2 rings (SSSR count). The molecule has 0 radical (unpaired) electrons. The molecule has 1 heterocycles. The fourth-order valence-electron chi connectivity index (χ4n) is 2.74. The summed E-state index contributed by atoms with van der Waals surface area (Å²) in [6, 6.07) is 5.85. The van der Waals surface area contributed by atoms with Crippen molar-refractivity contribution in [3.63, 3.8) is 0 Å². The van der Waals surface area contributed by atoms with E-state index < -0.39 is 0 Å². The van der Waals surface area contributed by atoms with Gasteiger partial charge in [-0.05, 0) is 38.1 Å². The fourth-order valence-corrected chi connectivity index (χ4v) is 2.91. The first-order valence-corrected chi connectivity index (χ1v) is 6.66. The Morgan fingerprint density at radius 3 is 2.72 bits per heavy atom. The molecule has 100 valence electrons. The molecule has 0 spiro atoms. The summed E-state index contributed by atoms with van der Waals surface area (Å²) in [7, 11) is 3.69. The van der Waals surface area contributed by atoms with Gasteiger partial charge in [0.25, 0.3) is 0 Å². The van der Waals surface area contributed by atoms with E-state index in [4.69, 9.17) is 21.1 Å². The zero-order valence-corrected chi connectivity index (χ0v) is 11.7. The zero-order valence-electron chi connectivity index (χ0n) is 11.0. The lowest BCUT2D eigenvalue weighted by molar-refractivity contribution is 0.0497. The molecule has 0 amide bonds. The van der Waals surface area contributed by atoms with Crippen LogP contribution in [0, 0.1) is 0 Å². The summed E-state index contributed by atoms with van der Waals surface area (Å²) in [6.07, 6.45) is 1.98. The van der Waals surface area contributed by atoms with Crippen molar-refractivity contribution >= 4 is 11.6 Å². The van der Waals surface area contributed by atoms with E-state index in [9.17, 15) is 0 Å². The molecule has 1 aromatic carbocycles. The van der Waals surface area contributed by atoms with Crippen molar-refractivity contribution in [2.75, 3.05) is 33.9 Å². The summed E-state index contributed by atoms with van der Waals surface area (Å²) >= 11 is 6.15. The predicted molar refractivity (Wildman–Crippen MR) is 73.7 cm³/mol. The Morgan fingerprint density at radius 1 is 1.39 bits per heavy atom. The number of ether oxygens (including phenoxy) is 2. The summed E-state index contributed by atoms with van der Waals surface area (Å²) in [5.41, 5.74) is 1.25. The summed E-state index contributed by atoms with van der Waals surface area (Å²) in [4.78, 5) is 0. The van der Waals surface area contributed by atoms with Crippen LogP contribution >= 0.6 is 11.6 Å². The Bertz CT molecular complexity index is 397. The van der Waals surface area contributed by atoms with Crippen LogP contribution < -0.4 is 10.1 Å². The SMILES string of the molecule is CNCC1(c2cc(Cl)ccc2OC)CCOCC1. The van der Waals surface area contributed by atoms with Gasteiger partial charge < -0.3 is 14.8 Å². The van der Waals surface area contributed by atoms with Gasteiger partial charge in [-0.15, -0.1) is 0 Å². The van der Waals surface area contributed by atoms with Gasteiger partial charge in [-0.1, -0.05) is 11.6 Å². The van der Waals surface area contributed by atoms with Crippen LogP contribution in [0.2, 0.25) is 5.02 Å². The molecule has 0 unspecified atom stereocenters. The van der Waals surface area contributed by atoms with Crippen molar-refractivity contribution in [2.24, 2.45) is 0 Å². The average molecular weight is 270 g/mol. The van der Waals surface area contributed by atoms with Gasteiger partial charge in [0, 0.05) is 35.8 Å². The van der Waals surface area contributed by atoms with Gasteiger partial charge in [0.15, 0.2) is 0 Å². The molecule has 0 bridgehead atoms. The summed E-state index contributed by atoms with van der Waals surface area (Å²) in [5.74, 6) is 0.913. The van der Waals surface area contributed by atoms with Crippen LogP contribution in [0.25, 0.3) is 0 Å². The van der Waals surface area contributed by atoms with Gasteiger partial charge in [-0.25, -0.2) is 0 Å². The average Bonchev–Trinajstić information content (AvgIpc) is 2.40. The van der Waals surface area contributed by atoms with Gasteiger partial charge in [-0.2, -0.15) is 0 Å². The van der Waals surface area contributed by atoms with Crippen LogP contribution in [-0.2, 0) is 10.2 Å². The minimum atomic E-state index is 0.0588. The largest absolute Gasteiger partial charge is 0.496 e. The maximum Gasteiger partial charge on any atom is 0.122 e. The van der Waals surface area contributed by atoms with Crippen LogP contribution in [0.5, 0.6) is 5.75 Å². The van der Waals surface area contributed by atoms with Gasteiger partial charge in [0.05, 0.1) is 7.11 Å². The zero-order chi connectivity index (χ0) is 13.0. The summed E-state index contributed by atoms with van der Waals surface area (Å²) in [5, 5.41) is 4.05. The Morgan fingerprint density at radius 2 is 2.11 bits per heavy atom. The highest BCUT2D eigenvalue weighted by atomic mass is 35.5. The standard InChI is InChI=1S/C14H20ClNO2/c1-16-10-14(5-7-18-8-6-14)12-9-11(15)3-4-13(12)17-2/h3-4,9,16H,5-8,10H2,1-2H3. The lowest BCUT2D eigenvalue weighted by Crippen LogP contribution is -2.42. The van der Waals surface area contributed by atoms with E-state index in [-0.39, 0.29) is 5.41 Å². The second-order valence-corrected chi connectivity index (χ2v) is 5.20. The monoisotopic (exact) mass is 269 g/mol. The number of nitrogens with one attached hydrogen (secondary N) is 1. The van der Waals surface area contributed by atoms with Gasteiger partial charge in [-0.3, -0.25) is 0 Å². The van der Waals surface area contributed by atoms with E-state index in [1.54, 1.807) is 7.11 Å². The van der Waals surface area contributed by atoms with Gasteiger partial charge in [0.1, 0.15) is 5.75 Å². The predicted octanol–water partition coefficient (Wildman–Crippen LogP) is 2.62. The fraction of sp³-hybridized carbons (Fsp3) is 0.571. The van der Waals surface area contributed by atoms with Crippen LogP contribution in [0.1, 0.15) is 18.4 Å². The minimum Gasteiger partial charge on any atom is -0.496 e. The van der Waals surface area contributed by atoms with E-state index in [1.165, 1.54) is 5.56 Å². The molecule has 1 N–H and O–H groups in total. The Kier molecular flexibility index (Phi) is 4.49. The molecule has 0 atom stereocenters. The number of halogens is 1. The molecular weight excluding hydrogens is 250 g/mol. The maximum atomic E-state index is 6.15. The summed E-state index contributed by atoms with van der Waals surface area (Å²) in [6.45, 7) is 2.49. The molecule has 0 aliphatic carbocycles. The lowest BCUT2D eigenvalue weighted by Gasteiger charge is -2.38. The Labute approximate surface area is 113 Å². The molecule has 1 aliphatic heterocycles. The molecule has 1 aliphatic rings. The number of hydrogen-bond acceptors (Lipinski definition) is 3. The number of likely N-dealkylation sites (N-methyl/N-ethyl adjacent to an activating group) is 1. The lowest BCUT2D eigenvalue weighted by atomic mass is 9.73. The van der Waals surface area contributed by atoms with Crippen LogP contribution in [0.4, 0.5) is 0 Å². The highest BCUT2D eigenvalue weighted by Crippen LogP contribution is 2.40. The first-order valence-electron chi connectivity index (χ1n) is 6.28. The normalized spacial score (nSPS) is 18.6. The first kappa shape index (κ1) is 13.7. The Hall–Kier alpha value is -0.770. The number of methoxy groups -OCH3 is 1. The maximum absolute atomic E-state index is 6.15. The number of benzene rings is 1. The molecule has 18 heavy (non-hydrogen) atoms. The molecule has 1 saturated heterocycles. The molecule has 0 saturated carbocycles. The van der Waals surface area contributed by atoms with Crippen molar-refractivity contribution in [2.45, 2.75) is 18.3 Å². The highest BCUT2D eigenvalue weighted by Gasteiger charge is 2.36. The smallest absolute Gasteiger partial charge is 0.122 e. The van der Waals surface area contributed by atoms with Gasteiger partial charge >= 0.3 is 0 Å².